The molecule has 0 aromatic carbocycles. The van der Waals surface area contributed by atoms with E-state index in [9.17, 15) is 0 Å². The van der Waals surface area contributed by atoms with Crippen LogP contribution in [0.15, 0.2) is 0 Å². The first-order valence-corrected chi connectivity index (χ1v) is 6.83. The van der Waals surface area contributed by atoms with Crippen LogP contribution in [0, 0.1) is 11.8 Å². The maximum absolute atomic E-state index is 3.65. The summed E-state index contributed by atoms with van der Waals surface area (Å²) in [5.74, 6) is 1.73. The molecular formula is C14H31N. The average molecular weight is 213 g/mol. The van der Waals surface area contributed by atoms with Gasteiger partial charge < -0.3 is 5.32 Å². The topological polar surface area (TPSA) is 12.0 Å². The minimum absolute atomic E-state index is 0.693. The van der Waals surface area contributed by atoms with E-state index in [1.54, 1.807) is 0 Å². The molecule has 0 saturated heterocycles. The molecule has 0 fully saturated rings. The molecule has 0 aliphatic rings. The molecule has 92 valence electrons. The Bertz CT molecular complexity index is 133. The van der Waals surface area contributed by atoms with Crippen LogP contribution >= 0.6 is 0 Å². The van der Waals surface area contributed by atoms with Gasteiger partial charge in [-0.15, -0.1) is 0 Å². The highest BCUT2D eigenvalue weighted by Gasteiger charge is 2.06. The molecular weight excluding hydrogens is 182 g/mol. The molecule has 0 radical (unpaired) electrons. The fourth-order valence-electron chi connectivity index (χ4n) is 1.84. The minimum Gasteiger partial charge on any atom is -0.314 e. The lowest BCUT2D eigenvalue weighted by Crippen LogP contribution is -2.30. The molecule has 3 atom stereocenters. The Morgan fingerprint density at radius 3 is 2.07 bits per heavy atom. The molecule has 0 aromatic rings. The first kappa shape index (κ1) is 15.0. The monoisotopic (exact) mass is 213 g/mol. The van der Waals surface area contributed by atoms with Crippen LogP contribution in [0.1, 0.15) is 66.7 Å². The van der Waals surface area contributed by atoms with Crippen LogP contribution in [0.3, 0.4) is 0 Å². The van der Waals surface area contributed by atoms with Gasteiger partial charge in [0.1, 0.15) is 0 Å². The average Bonchev–Trinajstić information content (AvgIpc) is 2.23. The molecule has 0 spiro atoms. The Balaban J connectivity index is 3.44. The summed E-state index contributed by atoms with van der Waals surface area (Å²) in [6, 6.07) is 0.693. The van der Waals surface area contributed by atoms with Gasteiger partial charge >= 0.3 is 0 Å². The molecule has 1 heteroatoms. The third-order valence-electron chi connectivity index (χ3n) is 3.39. The SMILES string of the molecule is CCCC(C)CNC(C)CC[C@@H](C)CC. The summed E-state index contributed by atoms with van der Waals surface area (Å²) in [6.07, 6.45) is 6.68. The van der Waals surface area contributed by atoms with Crippen molar-refractivity contribution in [3.05, 3.63) is 0 Å². The van der Waals surface area contributed by atoms with Crippen LogP contribution in [-0.2, 0) is 0 Å². The van der Waals surface area contributed by atoms with Crippen molar-refractivity contribution in [1.29, 1.82) is 0 Å². The fourth-order valence-corrected chi connectivity index (χ4v) is 1.84. The summed E-state index contributed by atoms with van der Waals surface area (Å²) < 4.78 is 0. The smallest absolute Gasteiger partial charge is 0.00389 e. The Morgan fingerprint density at radius 2 is 1.53 bits per heavy atom. The zero-order valence-corrected chi connectivity index (χ0v) is 11.5. The molecule has 0 heterocycles. The van der Waals surface area contributed by atoms with Crippen LogP contribution in [0.25, 0.3) is 0 Å². The summed E-state index contributed by atoms with van der Waals surface area (Å²) >= 11 is 0. The van der Waals surface area contributed by atoms with Gasteiger partial charge in [0.2, 0.25) is 0 Å². The standard InChI is InChI=1S/C14H31N/c1-6-8-13(4)11-15-14(5)10-9-12(3)7-2/h12-15H,6-11H2,1-5H3/t12-,13?,14?/m0/s1. The van der Waals surface area contributed by atoms with E-state index < -0.39 is 0 Å². The number of rotatable bonds is 9. The first-order chi connectivity index (χ1) is 7.10. The molecule has 0 aromatic heterocycles. The van der Waals surface area contributed by atoms with Crippen molar-refractivity contribution in [3.8, 4) is 0 Å². The number of nitrogens with one attached hydrogen (secondary N) is 1. The zero-order chi connectivity index (χ0) is 11.7. The molecule has 1 nitrogen and oxygen atoms in total. The second-order valence-corrected chi connectivity index (χ2v) is 5.29. The molecule has 0 amide bonds. The second kappa shape index (κ2) is 9.21. The lowest BCUT2D eigenvalue weighted by atomic mass is 9.99. The van der Waals surface area contributed by atoms with Gasteiger partial charge in [-0.2, -0.15) is 0 Å². The zero-order valence-electron chi connectivity index (χ0n) is 11.5. The van der Waals surface area contributed by atoms with Crippen LogP contribution < -0.4 is 5.32 Å². The van der Waals surface area contributed by atoms with Crippen molar-refractivity contribution in [2.75, 3.05) is 6.54 Å². The first-order valence-electron chi connectivity index (χ1n) is 6.83. The van der Waals surface area contributed by atoms with Gasteiger partial charge in [0.05, 0.1) is 0 Å². The van der Waals surface area contributed by atoms with E-state index in [0.717, 1.165) is 11.8 Å². The quantitative estimate of drug-likeness (QED) is 0.604. The van der Waals surface area contributed by atoms with Crippen LogP contribution in [-0.4, -0.2) is 12.6 Å². The van der Waals surface area contributed by atoms with Gasteiger partial charge in [0.25, 0.3) is 0 Å². The summed E-state index contributed by atoms with van der Waals surface area (Å²) in [5.41, 5.74) is 0. The third kappa shape index (κ3) is 8.92. The molecule has 1 N–H and O–H groups in total. The molecule has 0 bridgehead atoms. The van der Waals surface area contributed by atoms with Crippen molar-refractivity contribution >= 4 is 0 Å². The van der Waals surface area contributed by atoms with E-state index >= 15 is 0 Å². The molecule has 2 unspecified atom stereocenters. The molecule has 15 heavy (non-hydrogen) atoms. The van der Waals surface area contributed by atoms with E-state index in [-0.39, 0.29) is 0 Å². The van der Waals surface area contributed by atoms with E-state index in [1.165, 1.54) is 38.6 Å². The molecule has 0 saturated carbocycles. The van der Waals surface area contributed by atoms with Gasteiger partial charge in [-0.05, 0) is 44.6 Å². The lowest BCUT2D eigenvalue weighted by Gasteiger charge is -2.18. The third-order valence-corrected chi connectivity index (χ3v) is 3.39. The van der Waals surface area contributed by atoms with Crippen molar-refractivity contribution in [1.82, 2.24) is 5.32 Å². The highest BCUT2D eigenvalue weighted by atomic mass is 14.9. The van der Waals surface area contributed by atoms with Crippen LogP contribution in [0.4, 0.5) is 0 Å². The van der Waals surface area contributed by atoms with Crippen molar-refractivity contribution in [3.63, 3.8) is 0 Å². The Labute approximate surface area is 97.0 Å². The number of hydrogen-bond acceptors (Lipinski definition) is 1. The second-order valence-electron chi connectivity index (χ2n) is 5.29. The predicted octanol–water partition coefficient (Wildman–Crippen LogP) is 4.23. The van der Waals surface area contributed by atoms with Crippen molar-refractivity contribution < 1.29 is 0 Å². The highest BCUT2D eigenvalue weighted by molar-refractivity contribution is 4.65. The Hall–Kier alpha value is -0.0400. The summed E-state index contributed by atoms with van der Waals surface area (Å²) in [4.78, 5) is 0. The summed E-state index contributed by atoms with van der Waals surface area (Å²) in [5, 5.41) is 3.65. The van der Waals surface area contributed by atoms with Crippen LogP contribution in [0.5, 0.6) is 0 Å². The maximum Gasteiger partial charge on any atom is 0.00389 e. The Kier molecular flexibility index (Phi) is 9.18. The van der Waals surface area contributed by atoms with Crippen LogP contribution in [0.2, 0.25) is 0 Å². The van der Waals surface area contributed by atoms with Crippen molar-refractivity contribution in [2.24, 2.45) is 11.8 Å². The van der Waals surface area contributed by atoms with Gasteiger partial charge in [0.15, 0.2) is 0 Å². The largest absolute Gasteiger partial charge is 0.314 e. The van der Waals surface area contributed by atoms with Gasteiger partial charge in [-0.25, -0.2) is 0 Å². The highest BCUT2D eigenvalue weighted by Crippen LogP contribution is 2.11. The van der Waals surface area contributed by atoms with Gasteiger partial charge in [0, 0.05) is 6.04 Å². The van der Waals surface area contributed by atoms with Crippen molar-refractivity contribution in [2.45, 2.75) is 72.8 Å². The lowest BCUT2D eigenvalue weighted by molar-refractivity contribution is 0.392. The van der Waals surface area contributed by atoms with E-state index in [2.05, 4.69) is 39.9 Å². The van der Waals surface area contributed by atoms with E-state index in [1.807, 2.05) is 0 Å². The maximum atomic E-state index is 3.65. The fraction of sp³-hybridized carbons (Fsp3) is 1.00. The van der Waals surface area contributed by atoms with E-state index in [0.29, 0.717) is 6.04 Å². The van der Waals surface area contributed by atoms with E-state index in [4.69, 9.17) is 0 Å². The normalized spacial score (nSPS) is 17.4. The minimum atomic E-state index is 0.693. The van der Waals surface area contributed by atoms with Gasteiger partial charge in [-0.3, -0.25) is 0 Å². The molecule has 0 aliphatic heterocycles. The summed E-state index contributed by atoms with van der Waals surface area (Å²) in [7, 11) is 0. The molecule has 0 aliphatic carbocycles. The number of hydrogen-bond donors (Lipinski definition) is 1. The summed E-state index contributed by atoms with van der Waals surface area (Å²) in [6.45, 7) is 12.8. The Morgan fingerprint density at radius 1 is 0.867 bits per heavy atom. The predicted molar refractivity (Wildman–Crippen MR) is 70.2 cm³/mol. The molecule has 0 rings (SSSR count). The van der Waals surface area contributed by atoms with Gasteiger partial charge in [-0.1, -0.05) is 40.5 Å².